The summed E-state index contributed by atoms with van der Waals surface area (Å²) in [5.74, 6) is 0.969. The molecule has 2 heterocycles. The van der Waals surface area contributed by atoms with Crippen molar-refractivity contribution in [3.05, 3.63) is 28.6 Å². The lowest BCUT2D eigenvalue weighted by molar-refractivity contribution is 0.559. The molecular weight excluding hydrogens is 186 g/mol. The highest BCUT2D eigenvalue weighted by atomic mass is 16.3. The Bertz CT molecular complexity index is 525. The van der Waals surface area contributed by atoms with Crippen LogP contribution in [0.2, 0.25) is 0 Å². The van der Waals surface area contributed by atoms with Crippen LogP contribution in [-0.2, 0) is 12.8 Å². The summed E-state index contributed by atoms with van der Waals surface area (Å²) in [6, 6.07) is 3.48. The lowest BCUT2D eigenvalue weighted by atomic mass is 9.95. The first-order valence-electron chi connectivity index (χ1n) is 5.56. The Kier molecular flexibility index (Phi) is 1.84. The van der Waals surface area contributed by atoms with E-state index in [0.717, 1.165) is 29.7 Å². The smallest absolute Gasteiger partial charge is 0.227 e. The zero-order valence-corrected chi connectivity index (χ0v) is 9.18. The standard InChI is InChI=1S/C13H14NO/c1-8-9(2)15-13-11(8)7-10-5-3-4-6-12(10)14-13/h3-6H2,1-2H3. The Morgan fingerprint density at radius 1 is 1.20 bits per heavy atom. The number of rotatable bonds is 0. The summed E-state index contributed by atoms with van der Waals surface area (Å²) in [7, 11) is 0. The van der Waals surface area contributed by atoms with Crippen molar-refractivity contribution in [2.75, 3.05) is 0 Å². The third-order valence-corrected chi connectivity index (χ3v) is 3.32. The zero-order chi connectivity index (χ0) is 10.4. The van der Waals surface area contributed by atoms with Crippen molar-refractivity contribution in [1.29, 1.82) is 0 Å². The van der Waals surface area contributed by atoms with Gasteiger partial charge >= 0.3 is 0 Å². The molecule has 2 nitrogen and oxygen atoms in total. The summed E-state index contributed by atoms with van der Waals surface area (Å²) >= 11 is 0. The van der Waals surface area contributed by atoms with Gasteiger partial charge in [-0.3, -0.25) is 0 Å². The van der Waals surface area contributed by atoms with Gasteiger partial charge in [0.05, 0.1) is 5.39 Å². The van der Waals surface area contributed by atoms with E-state index in [1.807, 2.05) is 6.92 Å². The van der Waals surface area contributed by atoms with E-state index in [4.69, 9.17) is 4.42 Å². The summed E-state index contributed by atoms with van der Waals surface area (Å²) < 4.78 is 5.62. The SMILES string of the molecule is Cc1oc2nc3c([c]c2c1C)CCCC3. The normalized spacial score (nSPS) is 15.6. The fourth-order valence-corrected chi connectivity index (χ4v) is 2.26. The first-order valence-corrected chi connectivity index (χ1v) is 5.56. The quantitative estimate of drug-likeness (QED) is 0.653. The molecule has 15 heavy (non-hydrogen) atoms. The van der Waals surface area contributed by atoms with Crippen molar-refractivity contribution in [1.82, 2.24) is 4.98 Å². The van der Waals surface area contributed by atoms with E-state index in [1.54, 1.807) is 0 Å². The minimum Gasteiger partial charge on any atom is -0.443 e. The zero-order valence-electron chi connectivity index (χ0n) is 9.18. The van der Waals surface area contributed by atoms with Gasteiger partial charge in [-0.2, -0.15) is 0 Å². The summed E-state index contributed by atoms with van der Waals surface area (Å²) in [6.07, 6.45) is 4.73. The molecule has 0 aromatic carbocycles. The molecule has 0 saturated carbocycles. The van der Waals surface area contributed by atoms with Gasteiger partial charge in [-0.05, 0) is 45.1 Å². The minimum atomic E-state index is 0.769. The Balaban J connectivity index is 2.30. The largest absolute Gasteiger partial charge is 0.443 e. The fourth-order valence-electron chi connectivity index (χ4n) is 2.26. The van der Waals surface area contributed by atoms with E-state index in [1.165, 1.54) is 29.7 Å². The van der Waals surface area contributed by atoms with Crippen LogP contribution in [0.5, 0.6) is 0 Å². The van der Waals surface area contributed by atoms with Crippen molar-refractivity contribution >= 4 is 11.1 Å². The van der Waals surface area contributed by atoms with Crippen LogP contribution in [0.1, 0.15) is 35.4 Å². The van der Waals surface area contributed by atoms with Crippen molar-refractivity contribution < 1.29 is 4.42 Å². The first-order chi connectivity index (χ1) is 7.25. The van der Waals surface area contributed by atoms with Crippen LogP contribution < -0.4 is 0 Å². The van der Waals surface area contributed by atoms with Crippen molar-refractivity contribution in [2.45, 2.75) is 39.5 Å². The third-order valence-electron chi connectivity index (χ3n) is 3.32. The van der Waals surface area contributed by atoms with Gasteiger partial charge in [0.2, 0.25) is 5.71 Å². The summed E-state index contributed by atoms with van der Waals surface area (Å²) in [4.78, 5) is 4.60. The molecule has 1 aliphatic carbocycles. The summed E-state index contributed by atoms with van der Waals surface area (Å²) in [6.45, 7) is 4.07. The van der Waals surface area contributed by atoms with Gasteiger partial charge in [0.15, 0.2) is 0 Å². The van der Waals surface area contributed by atoms with Gasteiger partial charge in [-0.1, -0.05) is 0 Å². The van der Waals surface area contributed by atoms with Gasteiger partial charge in [0.25, 0.3) is 0 Å². The number of fused-ring (bicyclic) bond motifs is 2. The monoisotopic (exact) mass is 200 g/mol. The highest BCUT2D eigenvalue weighted by Gasteiger charge is 2.16. The molecule has 0 saturated heterocycles. The highest BCUT2D eigenvalue weighted by molar-refractivity contribution is 5.79. The van der Waals surface area contributed by atoms with E-state index in [-0.39, 0.29) is 0 Å². The van der Waals surface area contributed by atoms with Crippen LogP contribution in [0.15, 0.2) is 4.42 Å². The molecule has 2 heteroatoms. The molecule has 0 aliphatic heterocycles. The molecule has 2 aromatic heterocycles. The molecule has 0 unspecified atom stereocenters. The molecule has 0 N–H and O–H groups in total. The minimum absolute atomic E-state index is 0.769. The Morgan fingerprint density at radius 2 is 2.00 bits per heavy atom. The molecule has 77 valence electrons. The second kappa shape index (κ2) is 3.09. The number of pyridine rings is 1. The van der Waals surface area contributed by atoms with Crippen molar-refractivity contribution in [3.8, 4) is 0 Å². The Morgan fingerprint density at radius 3 is 2.87 bits per heavy atom. The number of hydrogen-bond donors (Lipinski definition) is 0. The predicted molar refractivity (Wildman–Crippen MR) is 59.0 cm³/mol. The van der Waals surface area contributed by atoms with E-state index < -0.39 is 0 Å². The molecular formula is C13H14NO. The van der Waals surface area contributed by atoms with Crippen LogP contribution >= 0.6 is 0 Å². The van der Waals surface area contributed by atoms with Crippen molar-refractivity contribution in [2.24, 2.45) is 0 Å². The second-order valence-corrected chi connectivity index (χ2v) is 4.33. The number of furan rings is 1. The van der Waals surface area contributed by atoms with E-state index in [0.29, 0.717) is 0 Å². The average Bonchev–Trinajstić information content (AvgIpc) is 2.52. The Labute approximate surface area is 89.3 Å². The van der Waals surface area contributed by atoms with Crippen molar-refractivity contribution in [3.63, 3.8) is 0 Å². The first kappa shape index (κ1) is 8.96. The predicted octanol–water partition coefficient (Wildman–Crippen LogP) is 3.12. The molecule has 1 radical (unpaired) electrons. The lowest BCUT2D eigenvalue weighted by Crippen LogP contribution is -2.05. The van der Waals surface area contributed by atoms with Crippen LogP contribution in [0.4, 0.5) is 0 Å². The molecule has 2 aromatic rings. The maximum Gasteiger partial charge on any atom is 0.227 e. The fraction of sp³-hybridized carbons (Fsp3) is 0.462. The van der Waals surface area contributed by atoms with E-state index >= 15 is 0 Å². The summed E-state index contributed by atoms with van der Waals surface area (Å²) in [5, 5.41) is 1.08. The molecule has 3 rings (SSSR count). The van der Waals surface area contributed by atoms with Gasteiger partial charge in [0, 0.05) is 17.3 Å². The Hall–Kier alpha value is -1.31. The van der Waals surface area contributed by atoms with Crippen LogP contribution in [0, 0.1) is 19.9 Å². The number of aryl methyl sites for hydroxylation is 4. The number of nitrogens with zero attached hydrogens (tertiary/aromatic N) is 1. The number of aromatic nitrogens is 1. The average molecular weight is 200 g/mol. The lowest BCUT2D eigenvalue weighted by Gasteiger charge is -2.13. The van der Waals surface area contributed by atoms with Gasteiger partial charge in [-0.25, -0.2) is 4.98 Å². The highest BCUT2D eigenvalue weighted by Crippen LogP contribution is 2.28. The maximum absolute atomic E-state index is 5.62. The maximum atomic E-state index is 5.62. The molecule has 0 atom stereocenters. The summed E-state index contributed by atoms with van der Waals surface area (Å²) in [5.41, 5.74) is 4.46. The molecule has 0 spiro atoms. The van der Waals surface area contributed by atoms with Crippen LogP contribution in [-0.4, -0.2) is 4.98 Å². The molecule has 1 aliphatic rings. The van der Waals surface area contributed by atoms with E-state index in [2.05, 4.69) is 18.0 Å². The molecule has 0 bridgehead atoms. The van der Waals surface area contributed by atoms with E-state index in [9.17, 15) is 0 Å². The topological polar surface area (TPSA) is 26.0 Å². The number of hydrogen-bond acceptors (Lipinski definition) is 2. The van der Waals surface area contributed by atoms with Gasteiger partial charge in [0.1, 0.15) is 5.76 Å². The van der Waals surface area contributed by atoms with Crippen LogP contribution in [0.25, 0.3) is 11.1 Å². The third kappa shape index (κ3) is 1.28. The van der Waals surface area contributed by atoms with Crippen LogP contribution in [0.3, 0.4) is 0 Å². The molecule has 0 fully saturated rings. The van der Waals surface area contributed by atoms with Gasteiger partial charge in [-0.15, -0.1) is 0 Å². The van der Waals surface area contributed by atoms with Gasteiger partial charge < -0.3 is 4.42 Å². The second-order valence-electron chi connectivity index (χ2n) is 4.33. The molecule has 0 amide bonds.